The van der Waals surface area contributed by atoms with E-state index in [1.165, 1.54) is 221 Å². The van der Waals surface area contributed by atoms with E-state index in [1.54, 1.807) is 61.3 Å². The van der Waals surface area contributed by atoms with Crippen LogP contribution in [0.5, 0.6) is 0 Å². The summed E-state index contributed by atoms with van der Waals surface area (Å²) in [6, 6.07) is 34.5. The van der Waals surface area contributed by atoms with E-state index in [1.807, 2.05) is 0 Å². The van der Waals surface area contributed by atoms with Gasteiger partial charge in [-0.25, -0.2) is 0 Å². The average Bonchev–Trinajstić information content (AvgIpc) is 1.59. The van der Waals surface area contributed by atoms with Crippen LogP contribution >= 0.6 is 51.1 Å². The van der Waals surface area contributed by atoms with E-state index in [0.717, 1.165) is 148 Å². The van der Waals surface area contributed by atoms with Crippen molar-refractivity contribution in [1.29, 1.82) is 0 Å². The van der Waals surface area contributed by atoms with Crippen molar-refractivity contribution in [3.05, 3.63) is 151 Å². The van der Waals surface area contributed by atoms with Crippen LogP contribution in [0.3, 0.4) is 0 Å². The maximum absolute atomic E-state index is 6.02. The molecule has 0 radical (unpaired) electrons. The summed E-state index contributed by atoms with van der Waals surface area (Å²) in [5, 5.41) is 0. The standard InChI is InChI=1S/2C39H68OSi.C38H66OSi.6CH3.6ClH.3Zr/c1-28(2)35-27-36-33(30-20-22-31(23-21-30)38(3,4)5)17-15-18-34(36)37(35)41(9,10)32-24-19-29(26-32)16-13-11-12-14-25-40-39(6,7)8;1-10-41(11-2,33-25-20-30(28-33)17-14-12-13-15-26-40-39(7,8)9)37-29(3)27-36-34(18-16-19-35(36)37)31-21-23-32(24-22-31)38(4,5)6;1-28(2)34-27-35-32(29-21-23-30(24-22-29)37(3,4)5)19-16-20-33(35)36(34)40(9,31-17-12-13-18-31)26-15-11-10-14-25-39-38(6,7)8;;;;;;;;;;;;;;;/h20-23,28-29,32-37H,11-19,24-27H2,1-10H3;21-24,29-30,33-37H,10-20,25-28H2,1-9H3;21-24,28,31-36H,10-20,25-27H2,1-9H3;6*1H3;6*1H;;;/q;;;6*-1;;;;;;;3*+4/p-6. The van der Waals surface area contributed by atoms with Crippen LogP contribution in [0.25, 0.3) is 0 Å². The number of hydrogen-bond donors (Lipinski definition) is 0. The fraction of sp³-hybridized carbons (Fsp3) is 0.803. The first kappa shape index (κ1) is 138. The molecule has 0 saturated heterocycles. The number of fused-ring (bicyclic) bond motifs is 3. The zero-order chi connectivity index (χ0) is 97.1. The van der Waals surface area contributed by atoms with Crippen molar-refractivity contribution in [3.63, 3.8) is 0 Å². The molecule has 0 aromatic heterocycles. The fourth-order valence-corrected chi connectivity index (χ4v) is 49.7. The van der Waals surface area contributed by atoms with Crippen molar-refractivity contribution in [2.75, 3.05) is 19.8 Å². The Balaban J connectivity index is 0.000000962. The van der Waals surface area contributed by atoms with Gasteiger partial charge in [0.1, 0.15) is 0 Å². The molecule has 9 fully saturated rings. The van der Waals surface area contributed by atoms with Crippen molar-refractivity contribution in [2.45, 2.75) is 526 Å². The molecule has 0 heterocycles. The second-order valence-electron chi connectivity index (χ2n) is 52.0. The zero-order valence-corrected chi connectivity index (χ0v) is 111. The molecule has 20 atom stereocenters. The van der Waals surface area contributed by atoms with Gasteiger partial charge in [-0.1, -0.05) is 382 Å². The first-order valence-corrected chi connectivity index (χ1v) is 82.3. The second kappa shape index (κ2) is 65.2. The summed E-state index contributed by atoms with van der Waals surface area (Å²) in [5.74, 6) is 14.7. The van der Waals surface area contributed by atoms with E-state index in [0.29, 0.717) is 0 Å². The van der Waals surface area contributed by atoms with Gasteiger partial charge in [0, 0.05) is 19.8 Å². The molecule has 15 heteroatoms. The van der Waals surface area contributed by atoms with Crippen LogP contribution < -0.4 is 0 Å². The van der Waals surface area contributed by atoms with E-state index in [-0.39, 0.29) is 77.6 Å². The Morgan fingerprint density at radius 3 is 0.956 bits per heavy atom. The summed E-state index contributed by atoms with van der Waals surface area (Å²) in [5.41, 5.74) is 16.6. The Bertz CT molecular complexity index is 3580. The number of halogens is 6. The Morgan fingerprint density at radius 2 is 0.628 bits per heavy atom. The summed E-state index contributed by atoms with van der Waals surface area (Å²) in [6.07, 6.45) is 52.4. The van der Waals surface area contributed by atoms with Crippen LogP contribution in [0.2, 0.25) is 71.0 Å². The van der Waals surface area contributed by atoms with Gasteiger partial charge in [-0.05, 0) is 311 Å². The van der Waals surface area contributed by atoms with Crippen molar-refractivity contribution in [2.24, 2.45) is 76.9 Å². The van der Waals surface area contributed by atoms with Crippen molar-refractivity contribution in [3.8, 4) is 0 Å². The number of hydrogen-bond acceptors (Lipinski definition) is 3. The number of rotatable bonds is 34. The van der Waals surface area contributed by atoms with Gasteiger partial charge < -0.3 is 58.8 Å². The summed E-state index contributed by atoms with van der Waals surface area (Å²) < 4.78 is 17.9. The van der Waals surface area contributed by atoms with E-state index >= 15 is 0 Å². The van der Waals surface area contributed by atoms with Gasteiger partial charge in [0.05, 0.1) is 41.0 Å². The third-order valence-electron chi connectivity index (χ3n) is 36.4. The first-order chi connectivity index (χ1) is 61.6. The van der Waals surface area contributed by atoms with Crippen LogP contribution in [0.1, 0.15) is 455 Å². The topological polar surface area (TPSA) is 27.7 Å². The van der Waals surface area contributed by atoms with Crippen LogP contribution in [0, 0.1) is 121 Å². The molecule has 792 valence electrons. The Morgan fingerprint density at radius 1 is 0.328 bits per heavy atom. The molecule has 20 unspecified atom stereocenters. The minimum atomic E-state index is -1.41. The van der Waals surface area contributed by atoms with Gasteiger partial charge in [0.25, 0.3) is 0 Å². The molecule has 0 spiro atoms. The number of ether oxygens (including phenoxy) is 3. The fourth-order valence-electron chi connectivity index (χ4n) is 30.0. The molecule has 9 aliphatic carbocycles. The summed E-state index contributed by atoms with van der Waals surface area (Å²) in [6.45, 7) is 70.4. The molecule has 0 bridgehead atoms. The monoisotopic (exact) mass is 2300 g/mol. The van der Waals surface area contributed by atoms with E-state index in [9.17, 15) is 0 Å². The summed E-state index contributed by atoms with van der Waals surface area (Å²) in [4.78, 5) is 0. The van der Waals surface area contributed by atoms with Crippen LogP contribution in [-0.4, -0.2) is 60.8 Å². The van der Waals surface area contributed by atoms with Gasteiger partial charge in [0.2, 0.25) is 0 Å². The molecular weight excluding hydrogens is 2080 g/mol. The summed E-state index contributed by atoms with van der Waals surface area (Å²) in [7, 11) is 25.5. The normalized spacial score (nSPS) is 27.5. The SMILES string of the molecule is CC(C)C1CC2C(c3ccc(C(C)(C)C)cc3)CCCC2C1[Si](C)(C)C1CCC(CCCCCCOC(C)(C)C)C1.CC(C)C1CC2C(c3ccc(C(C)(C)C)cc3)CCCC2C1[Si](C)(CCCCCCOC(C)(C)C)C1CCCC1.CC[Si](CC)(C1CCC(CCCCCCOC(C)(C)C)C1)C1C(C)CC2C(c3ccc(C(C)(C)C)cc3)CCCC21.[CH3-].[CH3-].[CH3-].[CH3-].[CH3-].[CH3-].[Cl][Zr+2][Cl].[Cl][Zr+2][Cl].[Cl][Zr+2][Cl]. The minimum absolute atomic E-state index is 0. The second-order valence-corrected chi connectivity index (χ2v) is 78.6. The van der Waals surface area contributed by atoms with Gasteiger partial charge in [-0.2, -0.15) is 0 Å². The van der Waals surface area contributed by atoms with Crippen LogP contribution in [0.4, 0.5) is 0 Å². The van der Waals surface area contributed by atoms with E-state index in [4.69, 9.17) is 65.3 Å². The van der Waals surface area contributed by atoms with Crippen molar-refractivity contribution < 1.29 is 76.8 Å². The Kier molecular flexibility index (Phi) is 65.5. The average molecular weight is 2310 g/mol. The molecule has 0 amide bonds. The molecule has 3 aromatic rings. The molecule has 9 aliphatic rings. The summed E-state index contributed by atoms with van der Waals surface area (Å²) >= 11 is -2.48. The number of unbranched alkanes of at least 4 members (excludes halogenated alkanes) is 9. The Hall–Kier alpha value is 2.58. The van der Waals surface area contributed by atoms with E-state index < -0.39 is 86.8 Å². The third kappa shape index (κ3) is 41.5. The van der Waals surface area contributed by atoms with E-state index in [2.05, 4.69) is 266 Å². The van der Waals surface area contributed by atoms with Crippen molar-refractivity contribution >= 4 is 75.3 Å². The third-order valence-corrected chi connectivity index (χ3v) is 55.0. The van der Waals surface area contributed by atoms with Crippen molar-refractivity contribution in [1.82, 2.24) is 0 Å². The Labute approximate surface area is 915 Å². The van der Waals surface area contributed by atoms with Crippen LogP contribution in [0.15, 0.2) is 72.8 Å². The molecule has 3 aromatic carbocycles. The maximum atomic E-state index is 6.02. The first-order valence-electron chi connectivity index (χ1n) is 54.8. The molecule has 0 N–H and O–H groups in total. The van der Waals surface area contributed by atoms with Gasteiger partial charge in [-0.3, -0.25) is 0 Å². The molecule has 12 rings (SSSR count). The molecule has 9 saturated carbocycles. The predicted molar refractivity (Wildman–Crippen MR) is 617 cm³/mol. The number of benzene rings is 3. The molecule has 137 heavy (non-hydrogen) atoms. The van der Waals surface area contributed by atoms with Crippen LogP contribution in [-0.2, 0) is 93.0 Å². The molecule has 3 nitrogen and oxygen atoms in total. The zero-order valence-electron chi connectivity index (χ0n) is 95.8. The quantitative estimate of drug-likeness (QED) is 0.0339. The predicted octanol–water partition coefficient (Wildman–Crippen LogP) is 43.3. The molecular formula is C122H220Cl6O3Si3Zr3. The van der Waals surface area contributed by atoms with Gasteiger partial charge >= 0.3 is 114 Å². The van der Waals surface area contributed by atoms with Gasteiger partial charge in [-0.15, -0.1) is 0 Å². The van der Waals surface area contributed by atoms with Gasteiger partial charge in [0.15, 0.2) is 0 Å². The molecule has 0 aliphatic heterocycles.